The summed E-state index contributed by atoms with van der Waals surface area (Å²) in [6, 6.07) is 0. The minimum absolute atomic E-state index is 0.641. The number of rotatable bonds is 3. The van der Waals surface area contributed by atoms with Gasteiger partial charge in [-0.2, -0.15) is 0 Å². The summed E-state index contributed by atoms with van der Waals surface area (Å²) < 4.78 is 14.4. The number of methoxy groups -OCH3 is 1. The van der Waals surface area contributed by atoms with Crippen LogP contribution in [0.15, 0.2) is 0 Å². The Morgan fingerprint density at radius 1 is 1.00 bits per heavy atom. The van der Waals surface area contributed by atoms with E-state index in [2.05, 4.69) is 4.74 Å². The molecule has 8 nitrogen and oxygen atoms in total. The molecule has 1 heterocycles. The second kappa shape index (κ2) is 7.03. The first-order chi connectivity index (χ1) is 9.27. The zero-order valence-corrected chi connectivity index (χ0v) is 12.9. The van der Waals surface area contributed by atoms with Crippen molar-refractivity contribution in [1.82, 2.24) is 0 Å². The van der Waals surface area contributed by atoms with Gasteiger partial charge in [0.25, 0.3) is 0 Å². The minimum atomic E-state index is -1.54. The standard InChI is InChI=1S/C11H16O8Se/c1-4(12)18-8-6(14)7(15)11(19-5(2)13)20-9(8)10(16)17-3/h6-9,11,14-15H,1-3H3/t6-,7+,8+,9?,11+/m0/s1. The summed E-state index contributed by atoms with van der Waals surface area (Å²) in [6.07, 6.45) is -4.19. The Bertz CT molecular complexity index is 398. The van der Waals surface area contributed by atoms with Crippen molar-refractivity contribution < 1.29 is 38.8 Å². The van der Waals surface area contributed by atoms with Crippen LogP contribution in [0.3, 0.4) is 0 Å². The van der Waals surface area contributed by atoms with Crippen LogP contribution >= 0.6 is 0 Å². The van der Waals surface area contributed by atoms with Crippen molar-refractivity contribution in [2.45, 2.75) is 42.0 Å². The molecule has 1 saturated heterocycles. The molecule has 0 spiro atoms. The first-order valence-corrected chi connectivity index (χ1v) is 7.69. The van der Waals surface area contributed by atoms with Crippen LogP contribution in [0.1, 0.15) is 13.8 Å². The van der Waals surface area contributed by atoms with Crippen LogP contribution in [0.25, 0.3) is 0 Å². The second-order valence-corrected chi connectivity index (χ2v) is 6.72. The molecule has 114 valence electrons. The third-order valence-corrected chi connectivity index (χ3v) is 5.49. The van der Waals surface area contributed by atoms with E-state index in [1.54, 1.807) is 0 Å². The second-order valence-electron chi connectivity index (χ2n) is 4.11. The maximum absolute atomic E-state index is 11.7. The molecular weight excluding hydrogens is 339 g/mol. The number of carbonyl (C=O) groups excluding carboxylic acids is 3. The molecule has 9 heteroatoms. The van der Waals surface area contributed by atoms with E-state index < -0.39 is 61.0 Å². The molecule has 0 radical (unpaired) electrons. The SMILES string of the molecule is COC(=O)C1[Se][C@@H](OC(C)=O)[C@H](O)[C@H](O)[C@H]1OC(C)=O. The molecule has 5 atom stereocenters. The number of esters is 3. The molecule has 0 aliphatic carbocycles. The molecule has 1 rings (SSSR count). The molecule has 1 fully saturated rings. The van der Waals surface area contributed by atoms with Crippen molar-refractivity contribution in [3.63, 3.8) is 0 Å². The fraction of sp³-hybridized carbons (Fsp3) is 0.727. The molecule has 0 aromatic carbocycles. The maximum atomic E-state index is 11.7. The summed E-state index contributed by atoms with van der Waals surface area (Å²) in [6.45, 7) is 2.28. The number of carbonyl (C=O) groups is 3. The van der Waals surface area contributed by atoms with Gasteiger partial charge in [-0.05, 0) is 0 Å². The van der Waals surface area contributed by atoms with Crippen LogP contribution in [0.2, 0.25) is 4.82 Å². The van der Waals surface area contributed by atoms with Gasteiger partial charge in [0.2, 0.25) is 0 Å². The third-order valence-electron chi connectivity index (χ3n) is 2.56. The molecule has 0 bridgehead atoms. The van der Waals surface area contributed by atoms with Gasteiger partial charge < -0.3 is 0 Å². The van der Waals surface area contributed by atoms with Crippen molar-refractivity contribution >= 4 is 32.9 Å². The van der Waals surface area contributed by atoms with Gasteiger partial charge in [-0.15, -0.1) is 0 Å². The molecule has 20 heavy (non-hydrogen) atoms. The number of ether oxygens (including phenoxy) is 3. The van der Waals surface area contributed by atoms with Gasteiger partial charge in [-0.25, -0.2) is 0 Å². The Balaban J connectivity index is 2.97. The Labute approximate surface area is 121 Å². The summed E-state index contributed by atoms with van der Waals surface area (Å²) >= 11 is -0.752. The van der Waals surface area contributed by atoms with Crippen LogP contribution in [-0.4, -0.2) is 73.5 Å². The topological polar surface area (TPSA) is 119 Å². The van der Waals surface area contributed by atoms with Gasteiger partial charge in [0.05, 0.1) is 0 Å². The summed E-state index contributed by atoms with van der Waals surface area (Å²) in [5.41, 5.74) is 0. The van der Waals surface area contributed by atoms with E-state index in [0.29, 0.717) is 0 Å². The molecule has 1 unspecified atom stereocenters. The van der Waals surface area contributed by atoms with Gasteiger partial charge in [-0.3, -0.25) is 0 Å². The van der Waals surface area contributed by atoms with Gasteiger partial charge in [-0.1, -0.05) is 0 Å². The van der Waals surface area contributed by atoms with Crippen LogP contribution < -0.4 is 0 Å². The number of hydrogen-bond donors (Lipinski definition) is 2. The number of aliphatic hydroxyl groups excluding tert-OH is 2. The molecule has 1 aliphatic heterocycles. The average Bonchev–Trinajstić information content (AvgIpc) is 2.36. The van der Waals surface area contributed by atoms with Crippen molar-refractivity contribution in [3.05, 3.63) is 0 Å². The Kier molecular flexibility index (Phi) is 5.94. The van der Waals surface area contributed by atoms with Crippen molar-refractivity contribution in [3.8, 4) is 0 Å². The van der Waals surface area contributed by atoms with E-state index in [4.69, 9.17) is 9.47 Å². The van der Waals surface area contributed by atoms with Gasteiger partial charge in [0.1, 0.15) is 0 Å². The van der Waals surface area contributed by atoms with Crippen LogP contribution in [0.5, 0.6) is 0 Å². The van der Waals surface area contributed by atoms with Gasteiger partial charge in [0.15, 0.2) is 0 Å². The molecule has 2 N–H and O–H groups in total. The molecule has 0 saturated carbocycles. The van der Waals surface area contributed by atoms with Crippen molar-refractivity contribution in [2.24, 2.45) is 0 Å². The average molecular weight is 355 g/mol. The van der Waals surface area contributed by atoms with E-state index >= 15 is 0 Å². The molecule has 1 aliphatic rings. The zero-order chi connectivity index (χ0) is 15.4. The normalized spacial score (nSPS) is 33.1. The first kappa shape index (κ1) is 16.9. The summed E-state index contributed by atoms with van der Waals surface area (Å²) in [4.78, 5) is 32.7. The Morgan fingerprint density at radius 2 is 1.55 bits per heavy atom. The molecule has 0 aromatic heterocycles. The van der Waals surface area contributed by atoms with Crippen molar-refractivity contribution in [1.29, 1.82) is 0 Å². The van der Waals surface area contributed by atoms with E-state index in [1.807, 2.05) is 0 Å². The van der Waals surface area contributed by atoms with E-state index in [9.17, 15) is 24.6 Å². The van der Waals surface area contributed by atoms with Gasteiger partial charge in [0, 0.05) is 0 Å². The number of aliphatic hydroxyl groups is 2. The van der Waals surface area contributed by atoms with Crippen LogP contribution in [0.4, 0.5) is 0 Å². The van der Waals surface area contributed by atoms with E-state index in [0.717, 1.165) is 21.0 Å². The summed E-state index contributed by atoms with van der Waals surface area (Å²) in [5, 5.41) is 18.8. The first-order valence-electron chi connectivity index (χ1n) is 5.71. The quantitative estimate of drug-likeness (QED) is 0.346. The fourth-order valence-corrected chi connectivity index (χ4v) is 4.62. The fourth-order valence-electron chi connectivity index (χ4n) is 1.73. The predicted molar refractivity (Wildman–Crippen MR) is 64.6 cm³/mol. The Morgan fingerprint density at radius 3 is 2.00 bits per heavy atom. The molecular formula is C11H16O8Se. The van der Waals surface area contributed by atoms with Crippen LogP contribution in [-0.2, 0) is 28.6 Å². The van der Waals surface area contributed by atoms with Crippen LogP contribution in [0, 0.1) is 0 Å². The van der Waals surface area contributed by atoms with E-state index in [-0.39, 0.29) is 0 Å². The van der Waals surface area contributed by atoms with Crippen molar-refractivity contribution in [2.75, 3.05) is 7.11 Å². The summed E-state index contributed by atoms with van der Waals surface area (Å²) in [7, 11) is 1.15. The summed E-state index contributed by atoms with van der Waals surface area (Å²) in [5.74, 6) is -2.03. The predicted octanol–water partition coefficient (Wildman–Crippen LogP) is -1.79. The zero-order valence-electron chi connectivity index (χ0n) is 11.1. The van der Waals surface area contributed by atoms with E-state index in [1.165, 1.54) is 0 Å². The molecule has 0 amide bonds. The monoisotopic (exact) mass is 356 g/mol. The Hall–Kier alpha value is -1.15. The van der Waals surface area contributed by atoms with Gasteiger partial charge >= 0.3 is 121 Å². The molecule has 0 aromatic rings. The number of hydrogen-bond acceptors (Lipinski definition) is 8. The third kappa shape index (κ3) is 3.92.